The number of piperidine rings is 1. The topological polar surface area (TPSA) is 52.6 Å². The lowest BCUT2D eigenvalue weighted by Gasteiger charge is -2.43. The molecule has 0 bridgehead atoms. The summed E-state index contributed by atoms with van der Waals surface area (Å²) >= 11 is 0. The van der Waals surface area contributed by atoms with Crippen molar-refractivity contribution >= 4 is 5.91 Å². The van der Waals surface area contributed by atoms with Crippen molar-refractivity contribution in [2.24, 2.45) is 5.92 Å². The van der Waals surface area contributed by atoms with Crippen LogP contribution in [0.3, 0.4) is 0 Å². The number of benzene rings is 2. The van der Waals surface area contributed by atoms with Crippen LogP contribution in [-0.4, -0.2) is 42.6 Å². The Labute approximate surface area is 179 Å². The summed E-state index contributed by atoms with van der Waals surface area (Å²) in [4.78, 5) is 13.5. The lowest BCUT2D eigenvalue weighted by molar-refractivity contribution is -0.119. The van der Waals surface area contributed by atoms with Crippen LogP contribution < -0.4 is 5.32 Å². The van der Waals surface area contributed by atoms with Crippen molar-refractivity contribution in [3.63, 3.8) is 0 Å². The molecule has 0 saturated carbocycles. The molecule has 3 rings (SSSR count). The van der Waals surface area contributed by atoms with E-state index in [-0.39, 0.29) is 17.6 Å². The molecule has 5 heteroatoms. The van der Waals surface area contributed by atoms with Gasteiger partial charge in [-0.15, -0.1) is 0 Å². The zero-order valence-corrected chi connectivity index (χ0v) is 18.2. The van der Waals surface area contributed by atoms with Crippen molar-refractivity contribution in [3.8, 4) is 11.1 Å². The fourth-order valence-electron chi connectivity index (χ4n) is 4.68. The number of carbonyl (C=O) groups excluding carboxylic acids is 1. The maximum atomic E-state index is 14.8. The third kappa shape index (κ3) is 5.08. The second kappa shape index (κ2) is 9.71. The summed E-state index contributed by atoms with van der Waals surface area (Å²) < 4.78 is 14.8. The molecule has 4 nitrogen and oxygen atoms in total. The first-order chi connectivity index (χ1) is 14.3. The quantitative estimate of drug-likeness (QED) is 0.669. The van der Waals surface area contributed by atoms with Gasteiger partial charge >= 0.3 is 0 Å². The molecule has 2 atom stereocenters. The molecule has 0 spiro atoms. The second-order valence-electron chi connectivity index (χ2n) is 8.64. The van der Waals surface area contributed by atoms with Gasteiger partial charge in [0, 0.05) is 31.5 Å². The molecule has 1 heterocycles. The largest absolute Gasteiger partial charge is 0.385 e. The van der Waals surface area contributed by atoms with Crippen molar-refractivity contribution < 1.29 is 14.3 Å². The van der Waals surface area contributed by atoms with Crippen LogP contribution in [0.2, 0.25) is 0 Å². The molecule has 0 aromatic heterocycles. The minimum absolute atomic E-state index is 0.0441. The third-order valence-electron chi connectivity index (χ3n) is 6.21. The van der Waals surface area contributed by atoms with Gasteiger partial charge in [-0.1, -0.05) is 35.9 Å². The van der Waals surface area contributed by atoms with E-state index in [4.69, 9.17) is 0 Å². The first-order valence-corrected chi connectivity index (χ1v) is 10.8. The van der Waals surface area contributed by atoms with Crippen LogP contribution in [0, 0.1) is 18.7 Å². The van der Waals surface area contributed by atoms with Crippen LogP contribution in [0.1, 0.15) is 43.7 Å². The lowest BCUT2D eigenvalue weighted by atomic mass is 9.72. The molecule has 30 heavy (non-hydrogen) atoms. The summed E-state index contributed by atoms with van der Waals surface area (Å²) in [6, 6.07) is 12.7. The predicted molar refractivity (Wildman–Crippen MR) is 119 cm³/mol. The molecule has 2 N–H and O–H groups in total. The first kappa shape index (κ1) is 22.4. The van der Waals surface area contributed by atoms with Gasteiger partial charge in [-0.2, -0.15) is 0 Å². The Morgan fingerprint density at radius 3 is 2.77 bits per heavy atom. The monoisotopic (exact) mass is 412 g/mol. The summed E-state index contributed by atoms with van der Waals surface area (Å²) in [6.45, 7) is 5.77. The molecule has 1 aliphatic rings. The number of hydrogen-bond donors (Lipinski definition) is 2. The molecule has 1 fully saturated rings. The normalized spacial score (nSPS) is 19.3. The maximum Gasteiger partial charge on any atom is 0.216 e. The van der Waals surface area contributed by atoms with Crippen molar-refractivity contribution in [1.82, 2.24) is 10.2 Å². The number of nitrogens with zero attached hydrogens (tertiary/aromatic N) is 1. The minimum Gasteiger partial charge on any atom is -0.385 e. The molecular formula is C25H33FN2O2. The zero-order chi connectivity index (χ0) is 21.7. The van der Waals surface area contributed by atoms with Gasteiger partial charge in [-0.25, -0.2) is 4.39 Å². The third-order valence-corrected chi connectivity index (χ3v) is 6.21. The number of amides is 1. The Bertz CT molecular complexity index is 885. The zero-order valence-electron chi connectivity index (χ0n) is 18.2. The summed E-state index contributed by atoms with van der Waals surface area (Å²) in [5.74, 6) is -0.310. The van der Waals surface area contributed by atoms with E-state index in [1.54, 1.807) is 6.07 Å². The fraction of sp³-hybridized carbons (Fsp3) is 0.480. The summed E-state index contributed by atoms with van der Waals surface area (Å²) in [5, 5.41) is 15.0. The number of nitrogens with one attached hydrogen (secondary N) is 1. The molecule has 162 valence electrons. The van der Waals surface area contributed by atoms with Gasteiger partial charge in [-0.05, 0) is 69.5 Å². The molecular weight excluding hydrogens is 379 g/mol. The number of halogens is 1. The van der Waals surface area contributed by atoms with Crippen LogP contribution in [0.25, 0.3) is 11.1 Å². The van der Waals surface area contributed by atoms with E-state index in [0.29, 0.717) is 24.9 Å². The Balaban J connectivity index is 2.03. The van der Waals surface area contributed by atoms with Crippen LogP contribution in [0.15, 0.2) is 42.5 Å². The Morgan fingerprint density at radius 2 is 2.03 bits per heavy atom. The Hall–Kier alpha value is -2.24. The van der Waals surface area contributed by atoms with Gasteiger partial charge in [0.1, 0.15) is 5.82 Å². The maximum absolute atomic E-state index is 14.8. The SMILES string of the molecule is CC(=O)NCCCC(O)(c1ccccc1-c1cc(C)ccc1F)C1CCCN(C)C1. The highest BCUT2D eigenvalue weighted by atomic mass is 19.1. The van der Waals surface area contributed by atoms with Crippen LogP contribution >= 0.6 is 0 Å². The highest BCUT2D eigenvalue weighted by Crippen LogP contribution is 2.43. The number of aliphatic hydroxyl groups is 1. The van der Waals surface area contributed by atoms with E-state index in [0.717, 1.165) is 42.6 Å². The van der Waals surface area contributed by atoms with E-state index < -0.39 is 5.60 Å². The Kier molecular flexibility index (Phi) is 7.27. The van der Waals surface area contributed by atoms with Crippen molar-refractivity contribution in [2.75, 3.05) is 26.7 Å². The summed E-state index contributed by atoms with van der Waals surface area (Å²) in [7, 11) is 2.08. The molecule has 2 unspecified atom stereocenters. The average Bonchev–Trinajstić information content (AvgIpc) is 2.73. The van der Waals surface area contributed by atoms with Crippen LogP contribution in [0.4, 0.5) is 4.39 Å². The molecule has 0 radical (unpaired) electrons. The van der Waals surface area contributed by atoms with Crippen molar-refractivity contribution in [2.45, 2.75) is 45.1 Å². The summed E-state index contributed by atoms with van der Waals surface area (Å²) in [5.41, 5.74) is 1.93. The molecule has 1 saturated heterocycles. The molecule has 2 aromatic rings. The van der Waals surface area contributed by atoms with Gasteiger partial charge in [0.2, 0.25) is 5.91 Å². The number of aryl methyl sites for hydroxylation is 1. The molecule has 1 amide bonds. The van der Waals surface area contributed by atoms with E-state index >= 15 is 0 Å². The fourth-order valence-corrected chi connectivity index (χ4v) is 4.68. The van der Waals surface area contributed by atoms with Crippen molar-refractivity contribution in [1.29, 1.82) is 0 Å². The predicted octanol–water partition coefficient (Wildman–Crippen LogP) is 4.25. The number of hydrogen-bond acceptors (Lipinski definition) is 3. The van der Waals surface area contributed by atoms with E-state index in [1.807, 2.05) is 37.3 Å². The van der Waals surface area contributed by atoms with E-state index in [9.17, 15) is 14.3 Å². The minimum atomic E-state index is -1.10. The van der Waals surface area contributed by atoms with E-state index in [1.165, 1.54) is 13.0 Å². The highest BCUT2D eigenvalue weighted by Gasteiger charge is 2.41. The Morgan fingerprint density at radius 1 is 1.27 bits per heavy atom. The van der Waals surface area contributed by atoms with Crippen molar-refractivity contribution in [3.05, 3.63) is 59.4 Å². The van der Waals surface area contributed by atoms with Gasteiger partial charge in [-0.3, -0.25) is 4.79 Å². The smallest absolute Gasteiger partial charge is 0.216 e. The standard InChI is InChI=1S/C25H33FN2O2/c1-18-11-12-24(26)22(16-18)21-9-4-5-10-23(21)25(30,13-7-14-27-19(2)29)20-8-6-15-28(3)17-20/h4-5,9-12,16,20,30H,6-8,13-15,17H2,1-3H3,(H,27,29). The van der Waals surface area contributed by atoms with Crippen LogP contribution in [0.5, 0.6) is 0 Å². The summed E-state index contributed by atoms with van der Waals surface area (Å²) in [6.07, 6.45) is 3.11. The second-order valence-corrected chi connectivity index (χ2v) is 8.64. The van der Waals surface area contributed by atoms with E-state index in [2.05, 4.69) is 17.3 Å². The van der Waals surface area contributed by atoms with Gasteiger partial charge < -0.3 is 15.3 Å². The van der Waals surface area contributed by atoms with Gasteiger partial charge in [0.25, 0.3) is 0 Å². The van der Waals surface area contributed by atoms with Gasteiger partial charge in [0.05, 0.1) is 5.60 Å². The average molecular weight is 413 g/mol. The van der Waals surface area contributed by atoms with Gasteiger partial charge in [0.15, 0.2) is 0 Å². The number of carbonyl (C=O) groups is 1. The molecule has 0 aliphatic carbocycles. The first-order valence-electron chi connectivity index (χ1n) is 10.8. The lowest BCUT2D eigenvalue weighted by Crippen LogP contribution is -2.45. The molecule has 2 aromatic carbocycles. The molecule has 1 aliphatic heterocycles. The number of likely N-dealkylation sites (tertiary alicyclic amines) is 1. The highest BCUT2D eigenvalue weighted by molar-refractivity contribution is 5.72. The van der Waals surface area contributed by atoms with Crippen LogP contribution in [-0.2, 0) is 10.4 Å². The number of rotatable bonds is 7.